The van der Waals surface area contributed by atoms with Crippen LogP contribution in [0.15, 0.2) is 0 Å². The summed E-state index contributed by atoms with van der Waals surface area (Å²) < 4.78 is 5.99. The van der Waals surface area contributed by atoms with E-state index >= 15 is 0 Å². The normalized spacial score (nSPS) is 32.3. The minimum atomic E-state index is -0.276. The first-order chi connectivity index (χ1) is 9.44. The van der Waals surface area contributed by atoms with E-state index in [0.29, 0.717) is 11.8 Å². The lowest BCUT2D eigenvalue weighted by Crippen LogP contribution is -2.40. The summed E-state index contributed by atoms with van der Waals surface area (Å²) in [7, 11) is 0. The highest BCUT2D eigenvalue weighted by Gasteiger charge is 2.40. The third-order valence-corrected chi connectivity index (χ3v) is 5.81. The Morgan fingerprint density at radius 2 is 1.80 bits per heavy atom. The molecule has 2 nitrogen and oxygen atoms in total. The number of hydrogen-bond acceptors (Lipinski definition) is 2. The predicted octanol–water partition coefficient (Wildman–Crippen LogP) is 4.96. The molecule has 0 aromatic heterocycles. The van der Waals surface area contributed by atoms with Crippen molar-refractivity contribution in [2.75, 3.05) is 0 Å². The second-order valence-corrected chi connectivity index (χ2v) is 7.69. The van der Waals surface area contributed by atoms with Crippen LogP contribution in [0.4, 0.5) is 0 Å². The number of carbonyl (C=O) groups is 1. The largest absolute Gasteiger partial charge is 0.459 e. The fourth-order valence-corrected chi connectivity index (χ4v) is 4.26. The third-order valence-electron chi connectivity index (χ3n) is 5.81. The van der Waals surface area contributed by atoms with Gasteiger partial charge < -0.3 is 4.74 Å². The molecule has 0 bridgehead atoms. The average molecular weight is 280 g/mol. The number of hydrogen-bond donors (Lipinski definition) is 0. The zero-order chi connectivity index (χ0) is 14.8. The first-order valence-corrected chi connectivity index (χ1v) is 8.67. The molecule has 0 aliphatic heterocycles. The van der Waals surface area contributed by atoms with Gasteiger partial charge in [-0.2, -0.15) is 0 Å². The summed E-state index contributed by atoms with van der Waals surface area (Å²) in [5.74, 6) is 1.99. The molecule has 20 heavy (non-hydrogen) atoms. The maximum Gasteiger partial charge on any atom is 0.309 e. The molecular weight excluding hydrogens is 248 g/mol. The molecule has 3 unspecified atom stereocenters. The van der Waals surface area contributed by atoms with Gasteiger partial charge in [-0.25, -0.2) is 0 Å². The van der Waals surface area contributed by atoms with Crippen LogP contribution in [0, 0.1) is 23.7 Å². The van der Waals surface area contributed by atoms with Gasteiger partial charge >= 0.3 is 5.97 Å². The molecule has 0 N–H and O–H groups in total. The molecule has 2 rings (SSSR count). The Morgan fingerprint density at radius 1 is 1.15 bits per heavy atom. The second-order valence-electron chi connectivity index (χ2n) is 7.69. The van der Waals surface area contributed by atoms with Crippen molar-refractivity contribution >= 4 is 5.97 Å². The van der Waals surface area contributed by atoms with Crippen LogP contribution in [-0.2, 0) is 9.53 Å². The van der Waals surface area contributed by atoms with Gasteiger partial charge in [0.2, 0.25) is 0 Å². The highest BCUT2D eigenvalue weighted by atomic mass is 16.6. The molecule has 3 atom stereocenters. The van der Waals surface area contributed by atoms with Crippen LogP contribution in [0.3, 0.4) is 0 Å². The quantitative estimate of drug-likeness (QED) is 0.680. The summed E-state index contributed by atoms with van der Waals surface area (Å²) in [6.07, 6.45) is 9.80. The van der Waals surface area contributed by atoms with Crippen LogP contribution >= 0.6 is 0 Å². The maximum absolute atomic E-state index is 12.6. The van der Waals surface area contributed by atoms with Gasteiger partial charge in [0.05, 0.1) is 5.92 Å². The molecule has 0 saturated heterocycles. The lowest BCUT2D eigenvalue weighted by Gasteiger charge is -2.37. The van der Waals surface area contributed by atoms with Crippen molar-refractivity contribution in [1.29, 1.82) is 0 Å². The summed E-state index contributed by atoms with van der Waals surface area (Å²) in [6.45, 7) is 8.70. The van der Waals surface area contributed by atoms with Crippen LogP contribution in [0.5, 0.6) is 0 Å². The van der Waals surface area contributed by atoms with Gasteiger partial charge in [-0.05, 0) is 57.3 Å². The Morgan fingerprint density at radius 3 is 2.35 bits per heavy atom. The first kappa shape index (κ1) is 15.9. The van der Waals surface area contributed by atoms with E-state index in [2.05, 4.69) is 27.7 Å². The predicted molar refractivity (Wildman–Crippen MR) is 82.4 cm³/mol. The summed E-state index contributed by atoms with van der Waals surface area (Å²) in [6, 6.07) is 0. The van der Waals surface area contributed by atoms with E-state index in [1.807, 2.05) is 0 Å². The smallest absolute Gasteiger partial charge is 0.309 e. The summed E-state index contributed by atoms with van der Waals surface area (Å²) >= 11 is 0. The third kappa shape index (κ3) is 3.56. The van der Waals surface area contributed by atoms with Gasteiger partial charge in [0, 0.05) is 0 Å². The van der Waals surface area contributed by atoms with Gasteiger partial charge in [-0.15, -0.1) is 0 Å². The number of ether oxygens (including phenoxy) is 1. The zero-order valence-corrected chi connectivity index (χ0v) is 13.8. The molecule has 116 valence electrons. The Labute approximate surface area is 124 Å². The van der Waals surface area contributed by atoms with Gasteiger partial charge in [-0.3, -0.25) is 4.79 Å². The number of carbonyl (C=O) groups excluding carboxylic acids is 1. The first-order valence-electron chi connectivity index (χ1n) is 8.67. The molecule has 2 aliphatic carbocycles. The molecule has 2 fully saturated rings. The zero-order valence-electron chi connectivity index (χ0n) is 13.8. The van der Waals surface area contributed by atoms with Crippen LogP contribution in [-0.4, -0.2) is 11.6 Å². The van der Waals surface area contributed by atoms with E-state index in [1.54, 1.807) is 0 Å². The highest BCUT2D eigenvalue weighted by molar-refractivity contribution is 5.73. The van der Waals surface area contributed by atoms with Crippen molar-refractivity contribution in [1.82, 2.24) is 0 Å². The Kier molecular flexibility index (Phi) is 5.14. The van der Waals surface area contributed by atoms with Gasteiger partial charge in [0.15, 0.2) is 0 Å². The topological polar surface area (TPSA) is 26.3 Å². The van der Waals surface area contributed by atoms with E-state index in [1.165, 1.54) is 44.9 Å². The minimum absolute atomic E-state index is 0.0732. The Hall–Kier alpha value is -0.530. The number of esters is 1. The Balaban J connectivity index is 1.92. The SMILES string of the molecule is CCC1CC(C)C(C(=O)OC(C)(C)C2CCCCC2)C1. The minimum Gasteiger partial charge on any atom is -0.459 e. The lowest BCUT2D eigenvalue weighted by atomic mass is 9.78. The monoisotopic (exact) mass is 280 g/mol. The number of rotatable bonds is 4. The van der Waals surface area contributed by atoms with Crippen molar-refractivity contribution in [2.24, 2.45) is 23.7 Å². The average Bonchev–Trinajstić information content (AvgIpc) is 2.81. The standard InChI is InChI=1S/C18H32O2/c1-5-14-11-13(2)16(12-14)17(19)20-18(3,4)15-9-7-6-8-10-15/h13-16H,5-12H2,1-4H3. The molecule has 0 aromatic carbocycles. The van der Waals surface area contributed by atoms with Crippen molar-refractivity contribution < 1.29 is 9.53 Å². The van der Waals surface area contributed by atoms with Gasteiger partial charge in [0.25, 0.3) is 0 Å². The second kappa shape index (κ2) is 6.49. The summed E-state index contributed by atoms with van der Waals surface area (Å²) in [4.78, 5) is 12.6. The summed E-state index contributed by atoms with van der Waals surface area (Å²) in [5.41, 5.74) is -0.276. The van der Waals surface area contributed by atoms with Crippen LogP contribution < -0.4 is 0 Å². The molecule has 0 heterocycles. The molecular formula is C18H32O2. The van der Waals surface area contributed by atoms with Gasteiger partial charge in [-0.1, -0.05) is 39.5 Å². The van der Waals surface area contributed by atoms with Crippen LogP contribution in [0.2, 0.25) is 0 Å². The Bertz CT molecular complexity index is 328. The lowest BCUT2D eigenvalue weighted by molar-refractivity contribution is -0.169. The molecule has 0 spiro atoms. The molecule has 2 saturated carbocycles. The van der Waals surface area contributed by atoms with E-state index in [4.69, 9.17) is 4.74 Å². The molecule has 0 aromatic rings. The molecule has 2 heteroatoms. The fourth-order valence-electron chi connectivity index (χ4n) is 4.26. The molecule has 0 amide bonds. The van der Waals surface area contributed by atoms with Crippen LogP contribution in [0.25, 0.3) is 0 Å². The highest BCUT2D eigenvalue weighted by Crippen LogP contribution is 2.41. The van der Waals surface area contributed by atoms with E-state index in [0.717, 1.165) is 12.3 Å². The van der Waals surface area contributed by atoms with Crippen molar-refractivity contribution in [3.05, 3.63) is 0 Å². The van der Waals surface area contributed by atoms with Crippen molar-refractivity contribution in [3.8, 4) is 0 Å². The summed E-state index contributed by atoms with van der Waals surface area (Å²) in [5, 5.41) is 0. The van der Waals surface area contributed by atoms with Crippen molar-refractivity contribution in [2.45, 2.75) is 84.7 Å². The molecule has 0 radical (unpaired) electrons. The fraction of sp³-hybridized carbons (Fsp3) is 0.944. The van der Waals surface area contributed by atoms with Crippen molar-refractivity contribution in [3.63, 3.8) is 0 Å². The van der Waals surface area contributed by atoms with Crippen LogP contribution in [0.1, 0.15) is 79.1 Å². The van der Waals surface area contributed by atoms with Gasteiger partial charge in [0.1, 0.15) is 5.60 Å². The van der Waals surface area contributed by atoms with E-state index in [-0.39, 0.29) is 17.5 Å². The maximum atomic E-state index is 12.6. The molecule has 2 aliphatic rings. The van der Waals surface area contributed by atoms with E-state index in [9.17, 15) is 4.79 Å². The van der Waals surface area contributed by atoms with E-state index < -0.39 is 0 Å².